The van der Waals surface area contributed by atoms with Crippen molar-refractivity contribution in [3.63, 3.8) is 0 Å². The zero-order valence-corrected chi connectivity index (χ0v) is 21.3. The van der Waals surface area contributed by atoms with Crippen molar-refractivity contribution in [3.05, 3.63) is 100 Å². The van der Waals surface area contributed by atoms with Gasteiger partial charge in [0.05, 0.1) is 11.6 Å². The van der Waals surface area contributed by atoms with Crippen LogP contribution in [0, 0.1) is 0 Å². The fourth-order valence-corrected chi connectivity index (χ4v) is 5.71. The molecule has 1 amide bonds. The zero-order valence-electron chi connectivity index (χ0n) is 19.0. The van der Waals surface area contributed by atoms with Crippen LogP contribution in [0.4, 0.5) is 0 Å². The molecule has 34 heavy (non-hydrogen) atoms. The molecule has 1 N–H and O–H groups in total. The quantitative estimate of drug-likeness (QED) is 0.371. The van der Waals surface area contributed by atoms with Crippen LogP contribution in [0.5, 0.6) is 0 Å². The number of carbonyl (C=O) groups is 1. The Bertz CT molecular complexity index is 1190. The van der Waals surface area contributed by atoms with E-state index in [9.17, 15) is 13.2 Å². The summed E-state index contributed by atoms with van der Waals surface area (Å²) < 4.78 is 28.1. The topological polar surface area (TPSA) is 66.5 Å². The van der Waals surface area contributed by atoms with Crippen molar-refractivity contribution in [1.82, 2.24) is 9.62 Å². The second-order valence-corrected chi connectivity index (χ2v) is 10.9. The standard InChI is InChI=1S/C26H28Cl2N2O3S/c1-20(12-13-21-8-4-2-5-9-21)29-26(31)19-30(17-16-22-10-6-3-7-11-22)34(32,33)25-18-23(27)14-15-24(25)28/h2-11,14-15,18,20H,12-13,16-17,19H2,1H3,(H,29,31)/t20-/m0/s1. The minimum absolute atomic E-state index is 0.0609. The summed E-state index contributed by atoms with van der Waals surface area (Å²) >= 11 is 12.2. The summed E-state index contributed by atoms with van der Waals surface area (Å²) in [5.74, 6) is -0.365. The summed E-state index contributed by atoms with van der Waals surface area (Å²) in [4.78, 5) is 12.7. The maximum atomic E-state index is 13.5. The van der Waals surface area contributed by atoms with Crippen LogP contribution >= 0.6 is 23.2 Å². The number of sulfonamides is 1. The molecule has 0 radical (unpaired) electrons. The van der Waals surface area contributed by atoms with E-state index in [1.807, 2.05) is 67.6 Å². The molecule has 0 aliphatic carbocycles. The highest BCUT2D eigenvalue weighted by Gasteiger charge is 2.29. The van der Waals surface area contributed by atoms with Gasteiger partial charge in [-0.1, -0.05) is 83.9 Å². The van der Waals surface area contributed by atoms with E-state index < -0.39 is 10.0 Å². The molecule has 0 heterocycles. The van der Waals surface area contributed by atoms with E-state index >= 15 is 0 Å². The molecular formula is C26H28Cl2N2O3S. The lowest BCUT2D eigenvalue weighted by atomic mass is 10.1. The third-order valence-electron chi connectivity index (χ3n) is 5.44. The van der Waals surface area contributed by atoms with Crippen LogP contribution in [0.25, 0.3) is 0 Å². The van der Waals surface area contributed by atoms with E-state index in [4.69, 9.17) is 23.2 Å². The molecule has 0 aliphatic rings. The van der Waals surface area contributed by atoms with Gasteiger partial charge in [0.25, 0.3) is 0 Å². The summed E-state index contributed by atoms with van der Waals surface area (Å²) in [6, 6.07) is 23.7. The first-order valence-electron chi connectivity index (χ1n) is 11.1. The maximum absolute atomic E-state index is 13.5. The van der Waals surface area contributed by atoms with E-state index in [1.54, 1.807) is 0 Å². The Kier molecular flexibility index (Phi) is 9.54. The molecule has 0 aromatic heterocycles. The number of nitrogens with zero attached hydrogens (tertiary/aromatic N) is 1. The van der Waals surface area contributed by atoms with Gasteiger partial charge in [0.15, 0.2) is 0 Å². The van der Waals surface area contributed by atoms with E-state index in [0.717, 1.165) is 22.7 Å². The predicted octanol–water partition coefficient (Wildman–Crippen LogP) is 5.36. The first-order valence-corrected chi connectivity index (χ1v) is 13.3. The highest BCUT2D eigenvalue weighted by molar-refractivity contribution is 7.89. The highest BCUT2D eigenvalue weighted by Crippen LogP contribution is 2.28. The van der Waals surface area contributed by atoms with Gasteiger partial charge >= 0.3 is 0 Å². The molecule has 8 heteroatoms. The number of aryl methyl sites for hydroxylation is 1. The number of rotatable bonds is 11. The van der Waals surface area contributed by atoms with Gasteiger partial charge in [-0.15, -0.1) is 0 Å². The minimum Gasteiger partial charge on any atom is -0.352 e. The van der Waals surface area contributed by atoms with Gasteiger partial charge < -0.3 is 5.32 Å². The van der Waals surface area contributed by atoms with Crippen LogP contribution in [0.15, 0.2) is 83.8 Å². The van der Waals surface area contributed by atoms with Gasteiger partial charge in [-0.2, -0.15) is 4.31 Å². The van der Waals surface area contributed by atoms with Crippen LogP contribution in [0.3, 0.4) is 0 Å². The number of hydrogen-bond donors (Lipinski definition) is 1. The second kappa shape index (κ2) is 12.4. The predicted molar refractivity (Wildman–Crippen MR) is 138 cm³/mol. The largest absolute Gasteiger partial charge is 0.352 e. The van der Waals surface area contributed by atoms with Crippen molar-refractivity contribution in [3.8, 4) is 0 Å². The van der Waals surface area contributed by atoms with E-state index in [0.29, 0.717) is 6.42 Å². The molecule has 5 nitrogen and oxygen atoms in total. The number of nitrogens with one attached hydrogen (secondary N) is 1. The zero-order chi connectivity index (χ0) is 24.6. The second-order valence-electron chi connectivity index (χ2n) is 8.14. The molecule has 180 valence electrons. The van der Waals surface area contributed by atoms with Crippen molar-refractivity contribution >= 4 is 39.1 Å². The summed E-state index contributed by atoms with van der Waals surface area (Å²) in [6.45, 7) is 1.73. The minimum atomic E-state index is -4.05. The Balaban J connectivity index is 1.72. The Morgan fingerprint density at radius 1 is 0.912 bits per heavy atom. The summed E-state index contributed by atoms with van der Waals surface area (Å²) in [5, 5.41) is 3.24. The molecule has 3 aromatic rings. The van der Waals surface area contributed by atoms with Crippen molar-refractivity contribution in [2.75, 3.05) is 13.1 Å². The third-order valence-corrected chi connectivity index (χ3v) is 8.00. The first kappa shape index (κ1) is 26.2. The molecule has 0 saturated heterocycles. The van der Waals surface area contributed by atoms with Crippen molar-refractivity contribution in [2.24, 2.45) is 0 Å². The molecule has 3 rings (SSSR count). The van der Waals surface area contributed by atoms with Gasteiger partial charge in [-0.3, -0.25) is 4.79 Å². The summed E-state index contributed by atoms with van der Waals surface area (Å²) in [7, 11) is -4.05. The molecule has 0 saturated carbocycles. The summed E-state index contributed by atoms with van der Waals surface area (Å²) in [5.41, 5.74) is 2.16. The van der Waals surface area contributed by atoms with Crippen LogP contribution < -0.4 is 5.32 Å². The molecule has 1 atom stereocenters. The van der Waals surface area contributed by atoms with Gasteiger partial charge in [-0.25, -0.2) is 8.42 Å². The van der Waals surface area contributed by atoms with Gasteiger partial charge in [0, 0.05) is 17.6 Å². The lowest BCUT2D eigenvalue weighted by Crippen LogP contribution is -2.44. The fraction of sp³-hybridized carbons (Fsp3) is 0.269. The lowest BCUT2D eigenvalue weighted by molar-refractivity contribution is -0.121. The first-order chi connectivity index (χ1) is 16.3. The number of amides is 1. The number of benzene rings is 3. The SMILES string of the molecule is C[C@@H](CCc1ccccc1)NC(=O)CN(CCc1ccccc1)S(=O)(=O)c1cc(Cl)ccc1Cl. The highest BCUT2D eigenvalue weighted by atomic mass is 35.5. The van der Waals surface area contributed by atoms with Gasteiger partial charge in [0.2, 0.25) is 15.9 Å². The Hall–Kier alpha value is -2.38. The fourth-order valence-electron chi connectivity index (χ4n) is 3.58. The van der Waals surface area contributed by atoms with Crippen LogP contribution in [-0.4, -0.2) is 37.8 Å². The maximum Gasteiger partial charge on any atom is 0.245 e. The number of hydrogen-bond acceptors (Lipinski definition) is 3. The Morgan fingerprint density at radius 2 is 1.50 bits per heavy atom. The normalized spacial score (nSPS) is 12.5. The van der Waals surface area contributed by atoms with Gasteiger partial charge in [-0.05, 0) is 55.5 Å². The Labute approximate surface area is 211 Å². The average molecular weight is 519 g/mol. The van der Waals surface area contributed by atoms with E-state index in [1.165, 1.54) is 23.8 Å². The van der Waals surface area contributed by atoms with Crippen molar-refractivity contribution in [1.29, 1.82) is 0 Å². The molecule has 0 spiro atoms. The number of carbonyl (C=O) groups excluding carboxylic acids is 1. The van der Waals surface area contributed by atoms with Crippen molar-refractivity contribution < 1.29 is 13.2 Å². The third kappa shape index (κ3) is 7.57. The van der Waals surface area contributed by atoms with E-state index in [2.05, 4.69) is 5.32 Å². The molecule has 0 bridgehead atoms. The smallest absolute Gasteiger partial charge is 0.245 e. The average Bonchev–Trinajstić information content (AvgIpc) is 2.83. The molecule has 0 unspecified atom stereocenters. The monoisotopic (exact) mass is 518 g/mol. The van der Waals surface area contributed by atoms with Crippen LogP contribution in [0.1, 0.15) is 24.5 Å². The molecule has 3 aromatic carbocycles. The van der Waals surface area contributed by atoms with Crippen LogP contribution in [0.2, 0.25) is 10.0 Å². The molecule has 0 aliphatic heterocycles. The summed E-state index contributed by atoms with van der Waals surface area (Å²) in [6.07, 6.45) is 2.01. The lowest BCUT2D eigenvalue weighted by Gasteiger charge is -2.24. The van der Waals surface area contributed by atoms with Gasteiger partial charge in [0.1, 0.15) is 4.90 Å². The number of halogens is 2. The van der Waals surface area contributed by atoms with Crippen LogP contribution in [-0.2, 0) is 27.7 Å². The molecular weight excluding hydrogens is 491 g/mol. The van der Waals surface area contributed by atoms with Crippen molar-refractivity contribution in [2.45, 2.75) is 37.1 Å². The van der Waals surface area contributed by atoms with E-state index in [-0.39, 0.29) is 40.0 Å². The molecule has 0 fully saturated rings. The Morgan fingerprint density at radius 3 is 2.12 bits per heavy atom.